The summed E-state index contributed by atoms with van der Waals surface area (Å²) < 4.78 is 5.41. The number of carbonyl (C=O) groups is 1. The van der Waals surface area contributed by atoms with E-state index in [0.717, 1.165) is 19.4 Å². The molecule has 0 bridgehead atoms. The summed E-state index contributed by atoms with van der Waals surface area (Å²) in [7, 11) is 0. The Balaban J connectivity index is 2.48. The lowest BCUT2D eigenvalue weighted by Crippen LogP contribution is -2.47. The lowest BCUT2D eigenvalue weighted by atomic mass is 9.94. The molecule has 1 aliphatic rings. The summed E-state index contributed by atoms with van der Waals surface area (Å²) in [6, 6.07) is 0.416. The van der Waals surface area contributed by atoms with Crippen LogP contribution in [0.2, 0.25) is 0 Å². The van der Waals surface area contributed by atoms with Crippen molar-refractivity contribution in [2.24, 2.45) is 11.8 Å². The van der Waals surface area contributed by atoms with Gasteiger partial charge in [0.1, 0.15) is 0 Å². The number of carbonyl (C=O) groups excluding carboxylic acids is 1. The van der Waals surface area contributed by atoms with E-state index in [9.17, 15) is 4.79 Å². The van der Waals surface area contributed by atoms with Crippen molar-refractivity contribution in [3.63, 3.8) is 0 Å². The molecule has 1 rings (SSSR count). The van der Waals surface area contributed by atoms with E-state index in [4.69, 9.17) is 4.74 Å². The quantitative estimate of drug-likeness (QED) is 0.726. The number of hydrogen-bond acceptors (Lipinski definition) is 3. The van der Waals surface area contributed by atoms with Gasteiger partial charge in [0.25, 0.3) is 0 Å². The zero-order valence-corrected chi connectivity index (χ0v) is 12.2. The van der Waals surface area contributed by atoms with E-state index in [1.807, 2.05) is 0 Å². The number of ether oxygens (including phenoxy) is 1. The maximum absolute atomic E-state index is 12.2. The third-order valence-corrected chi connectivity index (χ3v) is 4.01. The van der Waals surface area contributed by atoms with Gasteiger partial charge in [0.05, 0.1) is 19.1 Å². The van der Waals surface area contributed by atoms with Crippen LogP contribution in [0.15, 0.2) is 0 Å². The smallest absolute Gasteiger partial charge is 0.227 e. The Morgan fingerprint density at radius 3 is 2.50 bits per heavy atom. The van der Waals surface area contributed by atoms with Crippen molar-refractivity contribution < 1.29 is 9.53 Å². The molecule has 18 heavy (non-hydrogen) atoms. The van der Waals surface area contributed by atoms with Crippen LogP contribution in [0.1, 0.15) is 40.5 Å². The fourth-order valence-electron chi connectivity index (χ4n) is 2.72. The number of likely N-dealkylation sites (N-methyl/N-ethyl adjacent to an activating group) is 1. The highest BCUT2D eigenvalue weighted by molar-refractivity contribution is 5.80. The Morgan fingerprint density at radius 2 is 1.94 bits per heavy atom. The summed E-state index contributed by atoms with van der Waals surface area (Å²) in [5, 5.41) is 6.47. The predicted molar refractivity (Wildman–Crippen MR) is 73.5 cm³/mol. The first-order chi connectivity index (χ1) is 8.63. The summed E-state index contributed by atoms with van der Waals surface area (Å²) >= 11 is 0. The van der Waals surface area contributed by atoms with Crippen LogP contribution in [0.3, 0.4) is 0 Å². The van der Waals surface area contributed by atoms with Crippen molar-refractivity contribution in [2.45, 2.75) is 52.6 Å². The molecular weight excluding hydrogens is 228 g/mol. The molecule has 1 amide bonds. The SMILES string of the molecule is CCNC1COCC1C(=O)NC(C)C(CC)CC. The van der Waals surface area contributed by atoms with Crippen molar-refractivity contribution in [2.75, 3.05) is 19.8 Å². The highest BCUT2D eigenvalue weighted by atomic mass is 16.5. The molecule has 0 aromatic carbocycles. The normalized spacial score (nSPS) is 25.4. The highest BCUT2D eigenvalue weighted by Crippen LogP contribution is 2.17. The van der Waals surface area contributed by atoms with Gasteiger partial charge in [0.2, 0.25) is 5.91 Å². The maximum atomic E-state index is 12.2. The van der Waals surface area contributed by atoms with Gasteiger partial charge in [-0.25, -0.2) is 0 Å². The molecule has 0 aromatic heterocycles. The molecule has 4 heteroatoms. The fraction of sp³-hybridized carbons (Fsp3) is 0.929. The van der Waals surface area contributed by atoms with E-state index < -0.39 is 0 Å². The van der Waals surface area contributed by atoms with E-state index in [1.165, 1.54) is 0 Å². The van der Waals surface area contributed by atoms with E-state index in [2.05, 4.69) is 38.3 Å². The minimum atomic E-state index is -0.0400. The molecule has 1 aliphatic heterocycles. The number of rotatable bonds is 7. The molecule has 106 valence electrons. The van der Waals surface area contributed by atoms with Gasteiger partial charge in [-0.05, 0) is 19.4 Å². The average Bonchev–Trinajstić information content (AvgIpc) is 2.79. The second-order valence-corrected chi connectivity index (χ2v) is 5.18. The topological polar surface area (TPSA) is 50.4 Å². The molecule has 0 spiro atoms. The van der Waals surface area contributed by atoms with E-state index in [0.29, 0.717) is 19.1 Å². The number of nitrogens with one attached hydrogen (secondary N) is 2. The van der Waals surface area contributed by atoms with Crippen LogP contribution in [0.4, 0.5) is 0 Å². The van der Waals surface area contributed by atoms with Crippen molar-refractivity contribution in [1.82, 2.24) is 10.6 Å². The first kappa shape index (κ1) is 15.4. The molecule has 0 saturated carbocycles. The summed E-state index contributed by atoms with van der Waals surface area (Å²) in [6.45, 7) is 10.6. The Bertz CT molecular complexity index is 254. The summed E-state index contributed by atoms with van der Waals surface area (Å²) in [6.07, 6.45) is 2.21. The summed E-state index contributed by atoms with van der Waals surface area (Å²) in [4.78, 5) is 12.2. The predicted octanol–water partition coefficient (Wildman–Crippen LogP) is 1.55. The second-order valence-electron chi connectivity index (χ2n) is 5.18. The zero-order valence-electron chi connectivity index (χ0n) is 12.2. The molecule has 2 N–H and O–H groups in total. The third kappa shape index (κ3) is 3.95. The zero-order chi connectivity index (χ0) is 13.5. The Labute approximate surface area is 111 Å². The van der Waals surface area contributed by atoms with Crippen molar-refractivity contribution in [1.29, 1.82) is 0 Å². The number of hydrogen-bond donors (Lipinski definition) is 2. The third-order valence-electron chi connectivity index (χ3n) is 4.01. The van der Waals surface area contributed by atoms with Crippen LogP contribution in [0.25, 0.3) is 0 Å². The van der Waals surface area contributed by atoms with Gasteiger partial charge in [-0.2, -0.15) is 0 Å². The van der Waals surface area contributed by atoms with Gasteiger partial charge in [0, 0.05) is 12.1 Å². The highest BCUT2D eigenvalue weighted by Gasteiger charge is 2.34. The van der Waals surface area contributed by atoms with Gasteiger partial charge >= 0.3 is 0 Å². The molecule has 0 aromatic rings. The van der Waals surface area contributed by atoms with Gasteiger partial charge in [-0.1, -0.05) is 33.6 Å². The molecule has 1 saturated heterocycles. The van der Waals surface area contributed by atoms with Crippen LogP contribution < -0.4 is 10.6 Å². The van der Waals surface area contributed by atoms with Crippen LogP contribution in [0, 0.1) is 11.8 Å². The van der Waals surface area contributed by atoms with E-state index >= 15 is 0 Å². The van der Waals surface area contributed by atoms with E-state index in [-0.39, 0.29) is 23.9 Å². The lowest BCUT2D eigenvalue weighted by Gasteiger charge is -2.25. The average molecular weight is 256 g/mol. The molecule has 0 radical (unpaired) electrons. The van der Waals surface area contributed by atoms with Gasteiger partial charge in [-0.15, -0.1) is 0 Å². The Morgan fingerprint density at radius 1 is 1.28 bits per heavy atom. The minimum absolute atomic E-state index is 0.0400. The van der Waals surface area contributed by atoms with Crippen LogP contribution in [-0.4, -0.2) is 37.7 Å². The first-order valence-electron chi connectivity index (χ1n) is 7.25. The molecule has 3 atom stereocenters. The van der Waals surface area contributed by atoms with Gasteiger partial charge < -0.3 is 15.4 Å². The maximum Gasteiger partial charge on any atom is 0.227 e. The first-order valence-corrected chi connectivity index (χ1v) is 7.25. The molecule has 4 nitrogen and oxygen atoms in total. The molecule has 1 fully saturated rings. The van der Waals surface area contributed by atoms with Crippen LogP contribution in [0.5, 0.6) is 0 Å². The van der Waals surface area contributed by atoms with Crippen molar-refractivity contribution >= 4 is 5.91 Å². The Hall–Kier alpha value is -0.610. The minimum Gasteiger partial charge on any atom is -0.379 e. The van der Waals surface area contributed by atoms with Crippen LogP contribution in [-0.2, 0) is 9.53 Å². The molecule has 0 aliphatic carbocycles. The van der Waals surface area contributed by atoms with Crippen molar-refractivity contribution in [3.05, 3.63) is 0 Å². The molecule has 3 unspecified atom stereocenters. The van der Waals surface area contributed by atoms with E-state index in [1.54, 1.807) is 0 Å². The summed E-state index contributed by atoms with van der Waals surface area (Å²) in [5.41, 5.74) is 0. The molecular formula is C14H28N2O2. The number of amides is 1. The van der Waals surface area contributed by atoms with Crippen molar-refractivity contribution in [3.8, 4) is 0 Å². The lowest BCUT2D eigenvalue weighted by molar-refractivity contribution is -0.126. The molecule has 1 heterocycles. The second kappa shape index (κ2) is 7.74. The fourth-order valence-corrected chi connectivity index (χ4v) is 2.72. The monoisotopic (exact) mass is 256 g/mol. The standard InChI is InChI=1S/C14H28N2O2/c1-5-11(6-2)10(4)16-14(17)12-8-18-9-13(12)15-7-3/h10-13,15H,5-9H2,1-4H3,(H,16,17). The van der Waals surface area contributed by atoms with Crippen LogP contribution >= 0.6 is 0 Å². The van der Waals surface area contributed by atoms with Gasteiger partial charge in [0.15, 0.2) is 0 Å². The Kier molecular flexibility index (Phi) is 6.65. The summed E-state index contributed by atoms with van der Waals surface area (Å²) in [5.74, 6) is 0.661. The van der Waals surface area contributed by atoms with Gasteiger partial charge in [-0.3, -0.25) is 4.79 Å². The largest absolute Gasteiger partial charge is 0.379 e.